The molecule has 6 heteroatoms. The fourth-order valence-electron chi connectivity index (χ4n) is 1.62. The molecule has 2 aromatic heterocycles. The molecule has 0 saturated carbocycles. The lowest BCUT2D eigenvalue weighted by molar-refractivity contribution is -0.123. The zero-order chi connectivity index (χ0) is 13.2. The Hall–Kier alpha value is -1.69. The summed E-state index contributed by atoms with van der Waals surface area (Å²) in [5.74, 6) is -0.0726. The van der Waals surface area contributed by atoms with E-state index in [0.29, 0.717) is 0 Å². The van der Waals surface area contributed by atoms with Crippen LogP contribution in [-0.2, 0) is 16.9 Å². The smallest absolute Gasteiger partial charge is 0.242 e. The number of carbonyl (C=O) groups excluding carboxylic acids is 1. The molecule has 0 aliphatic carbocycles. The van der Waals surface area contributed by atoms with Crippen molar-refractivity contribution in [3.05, 3.63) is 34.5 Å². The first-order valence-electron chi connectivity index (χ1n) is 5.68. The normalized spacial score (nSPS) is 11.5. The summed E-state index contributed by atoms with van der Waals surface area (Å²) in [4.78, 5) is 16.3. The number of amides is 1. The van der Waals surface area contributed by atoms with Crippen molar-refractivity contribution >= 4 is 17.2 Å². The van der Waals surface area contributed by atoms with Gasteiger partial charge in [-0.25, -0.2) is 4.98 Å². The van der Waals surface area contributed by atoms with Crippen molar-refractivity contribution in [2.45, 2.75) is 32.9 Å². The first-order chi connectivity index (χ1) is 8.47. The Bertz CT molecular complexity index is 530. The van der Waals surface area contributed by atoms with Gasteiger partial charge in [-0.05, 0) is 26.8 Å². The molecule has 0 spiro atoms. The van der Waals surface area contributed by atoms with Gasteiger partial charge in [-0.2, -0.15) is 5.10 Å². The molecule has 0 bridgehead atoms. The predicted octanol–water partition coefficient (Wildman–Crippen LogP) is 1.70. The SMILES string of the molecule is Cc1csc(C(C)(C)NC(=O)Cn2cccn2)n1. The number of rotatable bonds is 4. The molecule has 0 unspecified atom stereocenters. The van der Waals surface area contributed by atoms with E-state index < -0.39 is 5.54 Å². The fraction of sp³-hybridized carbons (Fsp3) is 0.417. The summed E-state index contributed by atoms with van der Waals surface area (Å²) in [7, 11) is 0. The number of hydrogen-bond acceptors (Lipinski definition) is 4. The van der Waals surface area contributed by atoms with Crippen LogP contribution in [0.2, 0.25) is 0 Å². The molecule has 2 aromatic rings. The third-order valence-electron chi connectivity index (χ3n) is 2.47. The van der Waals surface area contributed by atoms with Crippen molar-refractivity contribution in [3.8, 4) is 0 Å². The standard InChI is InChI=1S/C12H16N4OS/c1-9-8-18-11(14-9)12(2,3)15-10(17)7-16-6-4-5-13-16/h4-6,8H,7H2,1-3H3,(H,15,17). The van der Waals surface area contributed by atoms with E-state index in [1.807, 2.05) is 26.2 Å². The van der Waals surface area contributed by atoms with Gasteiger partial charge in [-0.3, -0.25) is 9.48 Å². The maximum atomic E-state index is 11.9. The Kier molecular flexibility index (Phi) is 3.47. The van der Waals surface area contributed by atoms with Gasteiger partial charge in [0.2, 0.25) is 5.91 Å². The molecule has 96 valence electrons. The highest BCUT2D eigenvalue weighted by Crippen LogP contribution is 2.23. The van der Waals surface area contributed by atoms with E-state index in [1.54, 1.807) is 34.5 Å². The van der Waals surface area contributed by atoms with E-state index >= 15 is 0 Å². The quantitative estimate of drug-likeness (QED) is 0.914. The molecule has 0 aliphatic rings. The highest BCUT2D eigenvalue weighted by atomic mass is 32.1. The molecule has 18 heavy (non-hydrogen) atoms. The van der Waals surface area contributed by atoms with E-state index in [1.165, 1.54) is 0 Å². The van der Waals surface area contributed by atoms with Crippen LogP contribution in [0.4, 0.5) is 0 Å². The molecule has 0 aliphatic heterocycles. The number of thiazole rings is 1. The Morgan fingerprint density at radius 1 is 1.56 bits per heavy atom. The van der Waals surface area contributed by atoms with Crippen molar-refractivity contribution in [1.29, 1.82) is 0 Å². The van der Waals surface area contributed by atoms with E-state index in [9.17, 15) is 4.79 Å². The third kappa shape index (κ3) is 2.95. The van der Waals surface area contributed by atoms with E-state index in [0.717, 1.165) is 10.7 Å². The van der Waals surface area contributed by atoms with Gasteiger partial charge >= 0.3 is 0 Å². The maximum absolute atomic E-state index is 11.9. The lowest BCUT2D eigenvalue weighted by atomic mass is 10.1. The van der Waals surface area contributed by atoms with Gasteiger partial charge < -0.3 is 5.32 Å². The summed E-state index contributed by atoms with van der Waals surface area (Å²) in [5.41, 5.74) is 0.521. The summed E-state index contributed by atoms with van der Waals surface area (Å²) in [6.45, 7) is 6.07. The van der Waals surface area contributed by atoms with Gasteiger partial charge in [0.15, 0.2) is 0 Å². The molecule has 0 aromatic carbocycles. The molecule has 2 rings (SSSR count). The van der Waals surface area contributed by atoms with Crippen LogP contribution in [0.25, 0.3) is 0 Å². The Morgan fingerprint density at radius 3 is 2.89 bits per heavy atom. The van der Waals surface area contributed by atoms with Crippen molar-refractivity contribution < 1.29 is 4.79 Å². The highest BCUT2D eigenvalue weighted by Gasteiger charge is 2.26. The van der Waals surface area contributed by atoms with Gasteiger partial charge in [0, 0.05) is 23.5 Å². The fourth-order valence-corrected chi connectivity index (χ4v) is 2.50. The zero-order valence-electron chi connectivity index (χ0n) is 10.7. The minimum absolute atomic E-state index is 0.0726. The summed E-state index contributed by atoms with van der Waals surface area (Å²) >= 11 is 1.56. The largest absolute Gasteiger partial charge is 0.343 e. The predicted molar refractivity (Wildman–Crippen MR) is 70.2 cm³/mol. The second-order valence-electron chi connectivity index (χ2n) is 4.67. The van der Waals surface area contributed by atoms with Gasteiger partial charge in [0.1, 0.15) is 11.6 Å². The van der Waals surface area contributed by atoms with Crippen LogP contribution in [0.1, 0.15) is 24.5 Å². The van der Waals surface area contributed by atoms with Crippen LogP contribution in [0.15, 0.2) is 23.8 Å². The van der Waals surface area contributed by atoms with Crippen LogP contribution < -0.4 is 5.32 Å². The minimum atomic E-state index is -0.455. The van der Waals surface area contributed by atoms with Crippen LogP contribution in [0, 0.1) is 6.92 Å². The Morgan fingerprint density at radius 2 is 2.33 bits per heavy atom. The van der Waals surface area contributed by atoms with Crippen molar-refractivity contribution in [1.82, 2.24) is 20.1 Å². The van der Waals surface area contributed by atoms with Gasteiger partial charge in [-0.1, -0.05) is 0 Å². The molecule has 5 nitrogen and oxygen atoms in total. The number of nitrogens with one attached hydrogen (secondary N) is 1. The summed E-state index contributed by atoms with van der Waals surface area (Å²) in [5, 5.41) is 9.87. The van der Waals surface area contributed by atoms with E-state index in [2.05, 4.69) is 15.4 Å². The van der Waals surface area contributed by atoms with Crippen LogP contribution >= 0.6 is 11.3 Å². The maximum Gasteiger partial charge on any atom is 0.242 e. The Balaban J connectivity index is 2.01. The topological polar surface area (TPSA) is 59.8 Å². The molecular weight excluding hydrogens is 248 g/mol. The Labute approximate surface area is 110 Å². The summed E-state index contributed by atoms with van der Waals surface area (Å²) in [6, 6.07) is 1.79. The number of carbonyl (C=O) groups is 1. The zero-order valence-corrected chi connectivity index (χ0v) is 11.5. The first kappa shape index (κ1) is 12.8. The molecule has 0 saturated heterocycles. The van der Waals surface area contributed by atoms with Gasteiger partial charge in [0.25, 0.3) is 0 Å². The van der Waals surface area contributed by atoms with Crippen LogP contribution in [-0.4, -0.2) is 20.7 Å². The lowest BCUT2D eigenvalue weighted by Crippen LogP contribution is -2.42. The van der Waals surface area contributed by atoms with Crippen LogP contribution in [0.3, 0.4) is 0 Å². The number of aromatic nitrogens is 3. The van der Waals surface area contributed by atoms with Gasteiger partial charge in [0.05, 0.1) is 5.54 Å². The van der Waals surface area contributed by atoms with Gasteiger partial charge in [-0.15, -0.1) is 11.3 Å². The first-order valence-corrected chi connectivity index (χ1v) is 6.56. The number of nitrogens with zero attached hydrogens (tertiary/aromatic N) is 3. The second kappa shape index (κ2) is 4.89. The average Bonchev–Trinajstić information content (AvgIpc) is 2.88. The van der Waals surface area contributed by atoms with Crippen molar-refractivity contribution in [2.75, 3.05) is 0 Å². The van der Waals surface area contributed by atoms with Crippen molar-refractivity contribution in [3.63, 3.8) is 0 Å². The third-order valence-corrected chi connectivity index (χ3v) is 3.75. The molecule has 0 atom stereocenters. The summed E-state index contributed by atoms with van der Waals surface area (Å²) in [6.07, 6.45) is 3.42. The average molecular weight is 264 g/mol. The molecular formula is C12H16N4OS. The summed E-state index contributed by atoms with van der Waals surface area (Å²) < 4.78 is 1.60. The van der Waals surface area contributed by atoms with Crippen molar-refractivity contribution in [2.24, 2.45) is 0 Å². The number of aryl methyl sites for hydroxylation is 1. The molecule has 1 N–H and O–H groups in total. The lowest BCUT2D eigenvalue weighted by Gasteiger charge is -2.23. The van der Waals surface area contributed by atoms with E-state index in [-0.39, 0.29) is 12.5 Å². The minimum Gasteiger partial charge on any atom is -0.343 e. The second-order valence-corrected chi connectivity index (χ2v) is 5.53. The molecule has 1 amide bonds. The number of hydrogen-bond donors (Lipinski definition) is 1. The van der Waals surface area contributed by atoms with Crippen LogP contribution in [0.5, 0.6) is 0 Å². The molecule has 0 radical (unpaired) electrons. The van der Waals surface area contributed by atoms with E-state index in [4.69, 9.17) is 0 Å². The molecule has 0 fully saturated rings. The molecule has 2 heterocycles. The highest BCUT2D eigenvalue weighted by molar-refractivity contribution is 7.09. The monoisotopic (exact) mass is 264 g/mol.